The third-order valence-corrected chi connectivity index (χ3v) is 14.9. The molecule has 2 aliphatic carbocycles. The van der Waals surface area contributed by atoms with Crippen LogP contribution in [0.3, 0.4) is 0 Å². The second-order valence-corrected chi connectivity index (χ2v) is 17.5. The molecule has 0 aliphatic heterocycles. The number of ketones is 1. The van der Waals surface area contributed by atoms with E-state index in [1.54, 1.807) is 97.9 Å². The average molecular weight is 682 g/mol. The number of sulfone groups is 2. The third-order valence-electron chi connectivity index (χ3n) is 9.71. The Morgan fingerprint density at radius 3 is 2.00 bits per heavy atom. The van der Waals surface area contributed by atoms with Crippen LogP contribution in [-0.2, 0) is 24.5 Å². The number of aryl methyl sites for hydroxylation is 2. The van der Waals surface area contributed by atoms with Crippen LogP contribution in [0.5, 0.6) is 0 Å². The van der Waals surface area contributed by atoms with Crippen molar-refractivity contribution in [2.24, 2.45) is 11.8 Å². The zero-order valence-electron chi connectivity index (χ0n) is 24.9. The number of fused-ring (bicyclic) bond motifs is 1. The smallest absolute Gasteiger partial charge is 0.182 e. The topological polar surface area (TPSA) is 85.3 Å². The van der Waals surface area contributed by atoms with Gasteiger partial charge in [-0.15, -0.1) is 0 Å². The summed E-state index contributed by atoms with van der Waals surface area (Å²) >= 11 is 12.6. The van der Waals surface area contributed by atoms with Gasteiger partial charge in [0.25, 0.3) is 0 Å². The largest absolute Gasteiger partial charge is 0.299 e. The van der Waals surface area contributed by atoms with Crippen molar-refractivity contribution in [3.63, 3.8) is 0 Å². The van der Waals surface area contributed by atoms with E-state index in [1.165, 1.54) is 0 Å². The van der Waals surface area contributed by atoms with Gasteiger partial charge < -0.3 is 0 Å². The predicted octanol–water partition coefficient (Wildman–Crippen LogP) is 8.16. The van der Waals surface area contributed by atoms with Crippen molar-refractivity contribution in [1.29, 1.82) is 0 Å². The molecule has 0 heterocycles. The molecule has 6 atom stereocenters. The highest BCUT2D eigenvalue weighted by Gasteiger charge is 2.56. The molecule has 0 aromatic heterocycles. The molecule has 2 fully saturated rings. The van der Waals surface area contributed by atoms with Gasteiger partial charge >= 0.3 is 0 Å². The maximum atomic E-state index is 14.8. The molecular weight excluding hydrogens is 647 g/mol. The molecule has 4 aromatic rings. The number of Topliss-reactive ketones (excluding diaryl/α,β-unsaturated/α-hetero) is 1. The summed E-state index contributed by atoms with van der Waals surface area (Å²) < 4.78 is 58.2. The molecule has 0 radical (unpaired) electrons. The maximum Gasteiger partial charge on any atom is 0.182 e. The van der Waals surface area contributed by atoms with Crippen molar-refractivity contribution < 1.29 is 21.6 Å². The van der Waals surface area contributed by atoms with Crippen LogP contribution in [0.4, 0.5) is 0 Å². The van der Waals surface area contributed by atoms with Gasteiger partial charge in [-0.1, -0.05) is 83.4 Å². The Morgan fingerprint density at radius 2 is 1.33 bits per heavy atom. The monoisotopic (exact) mass is 680 g/mol. The minimum absolute atomic E-state index is 0.00227. The van der Waals surface area contributed by atoms with Crippen molar-refractivity contribution in [1.82, 2.24) is 0 Å². The fraction of sp³-hybridized carbons (Fsp3) is 0.306. The van der Waals surface area contributed by atoms with Crippen LogP contribution in [0, 0.1) is 25.7 Å². The summed E-state index contributed by atoms with van der Waals surface area (Å²) in [5.41, 5.74) is 3.00. The maximum absolute atomic E-state index is 14.8. The zero-order chi connectivity index (χ0) is 32.1. The number of hydrogen-bond donors (Lipinski definition) is 0. The minimum atomic E-state index is -3.98. The van der Waals surface area contributed by atoms with Gasteiger partial charge in [0, 0.05) is 34.2 Å². The lowest BCUT2D eigenvalue weighted by Gasteiger charge is -2.48. The van der Waals surface area contributed by atoms with Crippen molar-refractivity contribution in [3.05, 3.63) is 129 Å². The second-order valence-electron chi connectivity index (χ2n) is 12.4. The Hall–Kier alpha value is -2.97. The van der Waals surface area contributed by atoms with E-state index in [4.69, 9.17) is 23.2 Å². The quantitative estimate of drug-likeness (QED) is 0.205. The Kier molecular flexibility index (Phi) is 8.76. The van der Waals surface area contributed by atoms with Crippen molar-refractivity contribution in [2.45, 2.75) is 65.2 Å². The van der Waals surface area contributed by atoms with E-state index in [0.29, 0.717) is 15.6 Å². The Balaban J connectivity index is 1.52. The third kappa shape index (κ3) is 6.00. The van der Waals surface area contributed by atoms with E-state index in [0.717, 1.165) is 16.7 Å². The Morgan fingerprint density at radius 1 is 0.644 bits per heavy atom. The normalized spacial score (nSPS) is 25.5. The summed E-state index contributed by atoms with van der Waals surface area (Å²) in [5.74, 6) is -2.67. The van der Waals surface area contributed by atoms with Gasteiger partial charge in [-0.05, 0) is 91.8 Å². The molecule has 0 saturated heterocycles. The summed E-state index contributed by atoms with van der Waals surface area (Å²) in [5, 5.41) is -0.908. The first-order valence-electron chi connectivity index (χ1n) is 15.0. The molecule has 4 aromatic carbocycles. The summed E-state index contributed by atoms with van der Waals surface area (Å²) in [6.45, 7) is 3.67. The van der Waals surface area contributed by atoms with Gasteiger partial charge in [0.1, 0.15) is 5.78 Å². The Labute approximate surface area is 275 Å². The van der Waals surface area contributed by atoms with Crippen LogP contribution in [0.15, 0.2) is 107 Å². The van der Waals surface area contributed by atoms with Crippen molar-refractivity contribution in [2.75, 3.05) is 0 Å². The zero-order valence-corrected chi connectivity index (χ0v) is 28.1. The predicted molar refractivity (Wildman–Crippen MR) is 179 cm³/mol. The van der Waals surface area contributed by atoms with Crippen LogP contribution in [0.25, 0.3) is 0 Å². The first-order valence-corrected chi connectivity index (χ1v) is 18.9. The fourth-order valence-corrected chi connectivity index (χ4v) is 12.4. The number of benzene rings is 4. The molecule has 5 nitrogen and oxygen atoms in total. The highest BCUT2D eigenvalue weighted by atomic mass is 35.5. The molecule has 2 saturated carbocycles. The van der Waals surface area contributed by atoms with E-state index in [9.17, 15) is 21.6 Å². The van der Waals surface area contributed by atoms with E-state index < -0.39 is 53.8 Å². The average Bonchev–Trinajstić information content (AvgIpc) is 3.01. The highest BCUT2D eigenvalue weighted by Crippen LogP contribution is 2.54. The minimum Gasteiger partial charge on any atom is -0.299 e. The number of carbonyl (C=O) groups excluding carboxylic acids is 1. The number of halogens is 2. The number of hydrogen-bond acceptors (Lipinski definition) is 5. The van der Waals surface area contributed by atoms with E-state index in [-0.39, 0.29) is 34.8 Å². The number of rotatable bonds is 6. The van der Waals surface area contributed by atoms with Crippen LogP contribution >= 0.6 is 23.2 Å². The van der Waals surface area contributed by atoms with E-state index in [2.05, 4.69) is 0 Å². The Bertz CT molecular complexity index is 1960. The molecule has 9 heteroatoms. The van der Waals surface area contributed by atoms with E-state index >= 15 is 0 Å². The molecule has 2 aliphatic rings. The summed E-state index contributed by atoms with van der Waals surface area (Å²) in [7, 11) is -7.88. The lowest BCUT2D eigenvalue weighted by Crippen LogP contribution is -2.53. The summed E-state index contributed by atoms with van der Waals surface area (Å²) in [6.07, 6.45) is 0.230. The summed E-state index contributed by atoms with van der Waals surface area (Å²) in [6, 6.07) is 27.8. The molecule has 0 bridgehead atoms. The molecule has 0 N–H and O–H groups in total. The summed E-state index contributed by atoms with van der Waals surface area (Å²) in [4.78, 5) is 14.5. The van der Waals surface area contributed by atoms with Gasteiger partial charge in [0.2, 0.25) is 0 Å². The molecule has 0 amide bonds. The van der Waals surface area contributed by atoms with Crippen LogP contribution in [0.2, 0.25) is 10.0 Å². The second kappa shape index (κ2) is 12.3. The number of carbonyl (C=O) groups is 1. The standard InChI is InChI=1S/C36H34Cl2O5S2/c1-22-10-16-28(17-11-22)44(40,41)35-21-31-32(19-29(35)25-7-5-8-27(38)18-25)36(45(42,43)34-9-4-3-6-23(34)2)30(20-33(31)39)24-12-14-26(37)15-13-24/h3-18,29-32,35-36H,19-21H2,1-2H3/t29-,30-,31+,32-,35?,36?/m0/s1. The first kappa shape index (κ1) is 32.0. The van der Waals surface area contributed by atoms with Crippen LogP contribution < -0.4 is 0 Å². The molecule has 6 rings (SSSR count). The fourth-order valence-electron chi connectivity index (χ4n) is 7.53. The van der Waals surface area contributed by atoms with Gasteiger partial charge in [-0.3, -0.25) is 4.79 Å². The molecule has 2 unspecified atom stereocenters. The molecule has 234 valence electrons. The van der Waals surface area contributed by atoms with Gasteiger partial charge in [0.15, 0.2) is 19.7 Å². The van der Waals surface area contributed by atoms with Crippen LogP contribution in [0.1, 0.15) is 53.4 Å². The van der Waals surface area contributed by atoms with Gasteiger partial charge in [-0.25, -0.2) is 16.8 Å². The molecule has 45 heavy (non-hydrogen) atoms. The van der Waals surface area contributed by atoms with Crippen molar-refractivity contribution >= 4 is 48.7 Å². The van der Waals surface area contributed by atoms with Crippen LogP contribution in [-0.4, -0.2) is 33.1 Å². The van der Waals surface area contributed by atoms with E-state index in [1.807, 2.05) is 13.0 Å². The highest BCUT2D eigenvalue weighted by molar-refractivity contribution is 7.92. The van der Waals surface area contributed by atoms with Crippen molar-refractivity contribution in [3.8, 4) is 0 Å². The first-order chi connectivity index (χ1) is 21.4. The lowest BCUT2D eigenvalue weighted by atomic mass is 9.61. The van der Waals surface area contributed by atoms with Gasteiger partial charge in [-0.2, -0.15) is 0 Å². The SMILES string of the molecule is Cc1ccc(S(=O)(=O)C2C[C@H]3C(=O)C[C@@H](c4ccc(Cl)cc4)C(S(=O)(=O)c4ccccc4C)[C@H]3C[C@H]2c2cccc(Cl)c2)cc1. The molecular formula is C36H34Cl2O5S2. The van der Waals surface area contributed by atoms with Gasteiger partial charge in [0.05, 0.1) is 20.3 Å². The molecule has 0 spiro atoms. The lowest BCUT2D eigenvalue weighted by molar-refractivity contribution is -0.128.